The third kappa shape index (κ3) is 3.80. The predicted octanol–water partition coefficient (Wildman–Crippen LogP) is 0.546. The van der Waals surface area contributed by atoms with Gasteiger partial charge in [-0.2, -0.15) is 0 Å². The number of carbonyl (C=O) groups excluding carboxylic acids is 1. The summed E-state index contributed by atoms with van der Waals surface area (Å²) in [5, 5.41) is 12.0. The topological polar surface area (TPSA) is 58.6 Å². The lowest BCUT2D eigenvalue weighted by Gasteiger charge is -2.25. The van der Waals surface area contributed by atoms with Crippen LogP contribution in [0.2, 0.25) is 0 Å². The second-order valence-electron chi connectivity index (χ2n) is 4.46. The molecule has 0 aromatic carbocycles. The van der Waals surface area contributed by atoms with Gasteiger partial charge in [-0.25, -0.2) is 0 Å². The number of hydrogen-bond donors (Lipinski definition) is 2. The summed E-state index contributed by atoms with van der Waals surface area (Å²) in [6.45, 7) is 5.24. The molecule has 88 valence electrons. The molecule has 0 saturated carbocycles. The Morgan fingerprint density at radius 2 is 2.33 bits per heavy atom. The molecule has 2 atom stereocenters. The van der Waals surface area contributed by atoms with E-state index in [2.05, 4.69) is 5.32 Å². The fraction of sp³-hybridized carbons (Fsp3) is 0.909. The van der Waals surface area contributed by atoms with Crippen molar-refractivity contribution in [3.05, 3.63) is 0 Å². The normalized spacial score (nSPS) is 23.9. The van der Waals surface area contributed by atoms with Crippen molar-refractivity contribution in [2.75, 3.05) is 19.8 Å². The SMILES string of the molecule is CC(C)[C@@H](CO)NC(=O)C1CCCOC1. The van der Waals surface area contributed by atoms with Crippen LogP contribution in [0.4, 0.5) is 0 Å². The third-order valence-electron chi connectivity index (χ3n) is 2.86. The minimum absolute atomic E-state index is 0.00299. The van der Waals surface area contributed by atoms with Crippen molar-refractivity contribution in [3.63, 3.8) is 0 Å². The van der Waals surface area contributed by atoms with Crippen LogP contribution in [0.25, 0.3) is 0 Å². The number of rotatable bonds is 4. The summed E-state index contributed by atoms with van der Waals surface area (Å²) in [5.41, 5.74) is 0. The van der Waals surface area contributed by atoms with E-state index in [-0.39, 0.29) is 30.4 Å². The van der Waals surface area contributed by atoms with Crippen LogP contribution in [0.3, 0.4) is 0 Å². The molecule has 1 aliphatic rings. The lowest BCUT2D eigenvalue weighted by Crippen LogP contribution is -2.45. The molecule has 1 unspecified atom stereocenters. The fourth-order valence-electron chi connectivity index (χ4n) is 1.67. The van der Waals surface area contributed by atoms with E-state index < -0.39 is 0 Å². The number of carbonyl (C=O) groups is 1. The largest absolute Gasteiger partial charge is 0.394 e. The van der Waals surface area contributed by atoms with Crippen LogP contribution in [0, 0.1) is 11.8 Å². The van der Waals surface area contributed by atoms with Crippen molar-refractivity contribution in [3.8, 4) is 0 Å². The van der Waals surface area contributed by atoms with Gasteiger partial charge in [0.15, 0.2) is 0 Å². The average molecular weight is 215 g/mol. The summed E-state index contributed by atoms with van der Waals surface area (Å²) >= 11 is 0. The molecule has 15 heavy (non-hydrogen) atoms. The number of hydrogen-bond acceptors (Lipinski definition) is 3. The Bertz CT molecular complexity index is 200. The minimum Gasteiger partial charge on any atom is -0.394 e. The summed E-state index contributed by atoms with van der Waals surface area (Å²) in [4.78, 5) is 11.8. The zero-order valence-electron chi connectivity index (χ0n) is 9.53. The Morgan fingerprint density at radius 1 is 1.60 bits per heavy atom. The van der Waals surface area contributed by atoms with Gasteiger partial charge < -0.3 is 15.2 Å². The standard InChI is InChI=1S/C11H21NO3/c1-8(2)10(6-13)12-11(14)9-4-3-5-15-7-9/h8-10,13H,3-7H2,1-2H3,(H,12,14)/t9?,10-/m1/s1. The predicted molar refractivity (Wildman–Crippen MR) is 57.4 cm³/mol. The Hall–Kier alpha value is -0.610. The Morgan fingerprint density at radius 3 is 2.80 bits per heavy atom. The maximum atomic E-state index is 11.8. The summed E-state index contributed by atoms with van der Waals surface area (Å²) in [5.74, 6) is 0.234. The minimum atomic E-state index is -0.139. The second kappa shape index (κ2) is 6.08. The number of aliphatic hydroxyl groups excluding tert-OH is 1. The van der Waals surface area contributed by atoms with Gasteiger partial charge in [0.25, 0.3) is 0 Å². The lowest BCUT2D eigenvalue weighted by molar-refractivity contribution is -0.130. The van der Waals surface area contributed by atoms with Gasteiger partial charge in [-0.05, 0) is 18.8 Å². The van der Waals surface area contributed by atoms with E-state index in [4.69, 9.17) is 9.84 Å². The summed E-state index contributed by atoms with van der Waals surface area (Å²) in [6, 6.07) is -0.139. The average Bonchev–Trinajstić information content (AvgIpc) is 2.26. The van der Waals surface area contributed by atoms with Gasteiger partial charge in [0.1, 0.15) is 0 Å². The van der Waals surface area contributed by atoms with Gasteiger partial charge in [-0.3, -0.25) is 4.79 Å². The molecule has 1 heterocycles. The molecule has 0 aliphatic carbocycles. The van der Waals surface area contributed by atoms with Crippen LogP contribution < -0.4 is 5.32 Å². The van der Waals surface area contributed by atoms with Gasteiger partial charge in [-0.15, -0.1) is 0 Å². The van der Waals surface area contributed by atoms with Crippen molar-refractivity contribution in [2.45, 2.75) is 32.7 Å². The van der Waals surface area contributed by atoms with Crippen LogP contribution in [-0.4, -0.2) is 36.9 Å². The van der Waals surface area contributed by atoms with E-state index in [9.17, 15) is 4.79 Å². The van der Waals surface area contributed by atoms with Crippen LogP contribution in [-0.2, 0) is 9.53 Å². The Labute approximate surface area is 91.0 Å². The highest BCUT2D eigenvalue weighted by molar-refractivity contribution is 5.79. The molecule has 0 bridgehead atoms. The first-order chi connectivity index (χ1) is 7.15. The van der Waals surface area contributed by atoms with Crippen molar-refractivity contribution in [1.29, 1.82) is 0 Å². The molecule has 4 nitrogen and oxygen atoms in total. The monoisotopic (exact) mass is 215 g/mol. The number of nitrogens with one attached hydrogen (secondary N) is 1. The molecule has 4 heteroatoms. The third-order valence-corrected chi connectivity index (χ3v) is 2.86. The van der Waals surface area contributed by atoms with E-state index >= 15 is 0 Å². The highest BCUT2D eigenvalue weighted by Gasteiger charge is 2.24. The molecule has 0 aromatic rings. The van der Waals surface area contributed by atoms with E-state index in [1.54, 1.807) is 0 Å². The first-order valence-electron chi connectivity index (χ1n) is 5.64. The van der Waals surface area contributed by atoms with Gasteiger partial charge in [0.2, 0.25) is 5.91 Å². The molecule has 1 amide bonds. The zero-order chi connectivity index (χ0) is 11.3. The Balaban J connectivity index is 2.38. The zero-order valence-corrected chi connectivity index (χ0v) is 9.53. The van der Waals surface area contributed by atoms with Crippen LogP contribution in [0.1, 0.15) is 26.7 Å². The van der Waals surface area contributed by atoms with Crippen LogP contribution >= 0.6 is 0 Å². The maximum absolute atomic E-state index is 11.8. The van der Waals surface area contributed by atoms with Gasteiger partial charge in [0, 0.05) is 6.61 Å². The van der Waals surface area contributed by atoms with Crippen molar-refractivity contribution >= 4 is 5.91 Å². The van der Waals surface area contributed by atoms with Crippen LogP contribution in [0.15, 0.2) is 0 Å². The number of amides is 1. The van der Waals surface area contributed by atoms with E-state index in [0.717, 1.165) is 19.4 Å². The molecule has 1 fully saturated rings. The molecule has 1 saturated heterocycles. The van der Waals surface area contributed by atoms with Crippen molar-refractivity contribution in [2.24, 2.45) is 11.8 Å². The molecule has 2 N–H and O–H groups in total. The molecular formula is C11H21NO3. The van der Waals surface area contributed by atoms with Gasteiger partial charge in [0.05, 0.1) is 25.2 Å². The first-order valence-corrected chi connectivity index (χ1v) is 5.64. The molecule has 1 rings (SSSR count). The number of ether oxygens (including phenoxy) is 1. The summed E-state index contributed by atoms with van der Waals surface area (Å²) < 4.78 is 5.26. The molecule has 0 spiro atoms. The molecule has 0 radical (unpaired) electrons. The van der Waals surface area contributed by atoms with E-state index in [0.29, 0.717) is 6.61 Å². The van der Waals surface area contributed by atoms with Gasteiger partial charge in [-0.1, -0.05) is 13.8 Å². The van der Waals surface area contributed by atoms with Gasteiger partial charge >= 0.3 is 0 Å². The Kier molecular flexibility index (Phi) is 5.05. The lowest BCUT2D eigenvalue weighted by atomic mass is 9.99. The van der Waals surface area contributed by atoms with E-state index in [1.807, 2.05) is 13.8 Å². The van der Waals surface area contributed by atoms with Crippen molar-refractivity contribution in [1.82, 2.24) is 5.32 Å². The second-order valence-corrected chi connectivity index (χ2v) is 4.46. The smallest absolute Gasteiger partial charge is 0.225 e. The number of aliphatic hydroxyl groups is 1. The quantitative estimate of drug-likeness (QED) is 0.720. The fourth-order valence-corrected chi connectivity index (χ4v) is 1.67. The van der Waals surface area contributed by atoms with Crippen LogP contribution in [0.5, 0.6) is 0 Å². The molecule has 1 aliphatic heterocycles. The van der Waals surface area contributed by atoms with Crippen molar-refractivity contribution < 1.29 is 14.6 Å². The maximum Gasteiger partial charge on any atom is 0.225 e. The summed E-state index contributed by atoms with van der Waals surface area (Å²) in [6.07, 6.45) is 1.84. The molecule has 0 aromatic heterocycles. The van der Waals surface area contributed by atoms with E-state index in [1.165, 1.54) is 0 Å². The highest BCUT2D eigenvalue weighted by Crippen LogP contribution is 2.14. The highest BCUT2D eigenvalue weighted by atomic mass is 16.5. The first kappa shape index (κ1) is 12.5. The summed E-state index contributed by atoms with van der Waals surface area (Å²) in [7, 11) is 0. The molecular weight excluding hydrogens is 194 g/mol.